The molecule has 0 aliphatic carbocycles. The van der Waals surface area contributed by atoms with Gasteiger partial charge in [-0.3, -0.25) is 0 Å². The molecule has 0 aromatic heterocycles. The molecule has 3 aromatic carbocycles. The second kappa shape index (κ2) is 9.07. The van der Waals surface area contributed by atoms with Crippen LogP contribution in [0.25, 0.3) is 0 Å². The van der Waals surface area contributed by atoms with Crippen molar-refractivity contribution < 1.29 is 9.47 Å². The zero-order valence-corrected chi connectivity index (χ0v) is 15.1. The maximum atomic E-state index is 6.03. The molecule has 3 aromatic rings. The summed E-state index contributed by atoms with van der Waals surface area (Å²) in [6, 6.07) is 26.6. The van der Waals surface area contributed by atoms with Crippen molar-refractivity contribution in [2.24, 2.45) is 5.73 Å². The molecule has 26 heavy (non-hydrogen) atoms. The molecule has 3 rings (SSSR count). The van der Waals surface area contributed by atoms with Gasteiger partial charge in [-0.2, -0.15) is 0 Å². The number of ether oxygens (including phenoxy) is 2. The predicted octanol–water partition coefficient (Wildman–Crippen LogP) is 4.56. The lowest BCUT2D eigenvalue weighted by Gasteiger charge is -2.16. The average molecular weight is 347 g/mol. The summed E-state index contributed by atoms with van der Waals surface area (Å²) in [7, 11) is 1.68. The van der Waals surface area contributed by atoms with Crippen LogP contribution in [0.3, 0.4) is 0 Å². The summed E-state index contributed by atoms with van der Waals surface area (Å²) < 4.78 is 11.1. The maximum absolute atomic E-state index is 6.03. The van der Waals surface area contributed by atoms with Crippen molar-refractivity contribution in [3.63, 3.8) is 0 Å². The van der Waals surface area contributed by atoms with Crippen molar-refractivity contribution in [1.29, 1.82) is 0 Å². The third-order valence-corrected chi connectivity index (χ3v) is 4.53. The molecule has 2 N–H and O–H groups in total. The molecule has 0 radical (unpaired) electrons. The normalized spacial score (nSPS) is 11.8. The van der Waals surface area contributed by atoms with E-state index >= 15 is 0 Å². The van der Waals surface area contributed by atoms with Crippen LogP contribution in [0, 0.1) is 0 Å². The van der Waals surface area contributed by atoms with Gasteiger partial charge in [-0.25, -0.2) is 0 Å². The number of nitrogens with two attached hydrogens (primary N) is 1. The Labute approximate surface area is 155 Å². The minimum Gasteiger partial charge on any atom is -0.497 e. The fraction of sp³-hybridized carbons (Fsp3) is 0.217. The molecule has 0 aliphatic rings. The molecule has 0 amide bonds. The molecule has 1 unspecified atom stereocenters. The lowest BCUT2D eigenvalue weighted by Crippen LogP contribution is -2.15. The summed E-state index contributed by atoms with van der Waals surface area (Å²) >= 11 is 0. The molecule has 0 heterocycles. The van der Waals surface area contributed by atoms with Crippen molar-refractivity contribution in [3.05, 3.63) is 95.6 Å². The molecular weight excluding hydrogens is 322 g/mol. The van der Waals surface area contributed by atoms with Crippen molar-refractivity contribution in [2.75, 3.05) is 13.7 Å². The Hall–Kier alpha value is -2.78. The van der Waals surface area contributed by atoms with E-state index in [9.17, 15) is 0 Å². The van der Waals surface area contributed by atoms with Crippen molar-refractivity contribution in [1.82, 2.24) is 0 Å². The van der Waals surface area contributed by atoms with Gasteiger partial charge in [-0.1, -0.05) is 54.6 Å². The van der Waals surface area contributed by atoms with Crippen molar-refractivity contribution in [2.45, 2.75) is 18.9 Å². The van der Waals surface area contributed by atoms with Crippen LogP contribution in [0.2, 0.25) is 0 Å². The van der Waals surface area contributed by atoms with Crippen LogP contribution < -0.4 is 15.2 Å². The van der Waals surface area contributed by atoms with Crippen LogP contribution in [0.4, 0.5) is 0 Å². The van der Waals surface area contributed by atoms with Crippen LogP contribution in [0.1, 0.15) is 22.6 Å². The van der Waals surface area contributed by atoms with Crippen LogP contribution in [0.15, 0.2) is 78.9 Å². The summed E-state index contributed by atoms with van der Waals surface area (Å²) in [4.78, 5) is 0. The van der Waals surface area contributed by atoms with E-state index < -0.39 is 0 Å². The fourth-order valence-corrected chi connectivity index (χ4v) is 2.96. The van der Waals surface area contributed by atoms with Crippen LogP contribution in [0.5, 0.6) is 11.5 Å². The van der Waals surface area contributed by atoms with E-state index in [1.165, 1.54) is 11.1 Å². The Bertz CT molecular complexity index is 783. The first-order valence-electron chi connectivity index (χ1n) is 8.88. The Morgan fingerprint density at radius 2 is 1.42 bits per heavy atom. The lowest BCUT2D eigenvalue weighted by atomic mass is 9.92. The number of methoxy groups -OCH3 is 1. The summed E-state index contributed by atoms with van der Waals surface area (Å²) in [5, 5.41) is 0. The van der Waals surface area contributed by atoms with Gasteiger partial charge in [0.2, 0.25) is 0 Å². The standard InChI is InChI=1S/C23H25NO2/c1-25-22-11-7-18(8-12-22)15-21(16-24)20-9-13-23(14-10-20)26-17-19-5-3-2-4-6-19/h2-14,21H,15-17,24H2,1H3. The first-order valence-corrected chi connectivity index (χ1v) is 8.88. The van der Waals surface area contributed by atoms with E-state index in [0.29, 0.717) is 13.2 Å². The number of hydrogen-bond donors (Lipinski definition) is 1. The lowest BCUT2D eigenvalue weighted by molar-refractivity contribution is 0.306. The molecule has 0 saturated heterocycles. The highest BCUT2D eigenvalue weighted by Crippen LogP contribution is 2.24. The van der Waals surface area contributed by atoms with E-state index in [0.717, 1.165) is 23.5 Å². The topological polar surface area (TPSA) is 44.5 Å². The molecule has 0 fully saturated rings. The zero-order chi connectivity index (χ0) is 18.2. The molecule has 0 aliphatic heterocycles. The van der Waals surface area contributed by atoms with E-state index in [1.807, 2.05) is 42.5 Å². The molecule has 0 bridgehead atoms. The van der Waals surface area contributed by atoms with Gasteiger partial charge in [0.05, 0.1) is 7.11 Å². The first kappa shape index (κ1) is 18.0. The van der Waals surface area contributed by atoms with Gasteiger partial charge in [0.15, 0.2) is 0 Å². The Balaban J connectivity index is 1.61. The van der Waals surface area contributed by atoms with Gasteiger partial charge >= 0.3 is 0 Å². The van der Waals surface area contributed by atoms with Crippen molar-refractivity contribution in [3.8, 4) is 11.5 Å². The quantitative estimate of drug-likeness (QED) is 0.650. The summed E-state index contributed by atoms with van der Waals surface area (Å²) in [5.41, 5.74) is 9.68. The fourth-order valence-electron chi connectivity index (χ4n) is 2.96. The molecular formula is C23H25NO2. The van der Waals surface area contributed by atoms with E-state index in [1.54, 1.807) is 7.11 Å². The highest BCUT2D eigenvalue weighted by molar-refractivity contribution is 5.33. The molecule has 134 valence electrons. The Morgan fingerprint density at radius 3 is 2.04 bits per heavy atom. The van der Waals surface area contributed by atoms with Crippen LogP contribution in [-0.2, 0) is 13.0 Å². The summed E-state index contributed by atoms with van der Waals surface area (Å²) in [6.45, 7) is 1.18. The zero-order valence-electron chi connectivity index (χ0n) is 15.1. The number of rotatable bonds is 8. The monoisotopic (exact) mass is 347 g/mol. The van der Waals surface area contributed by atoms with E-state index in [2.05, 4.69) is 36.4 Å². The molecule has 3 nitrogen and oxygen atoms in total. The Kier molecular flexibility index (Phi) is 6.29. The van der Waals surface area contributed by atoms with Gasteiger partial charge in [-0.05, 0) is 53.9 Å². The summed E-state index contributed by atoms with van der Waals surface area (Å²) in [6.07, 6.45) is 0.907. The highest BCUT2D eigenvalue weighted by Gasteiger charge is 2.11. The van der Waals surface area contributed by atoms with E-state index in [4.69, 9.17) is 15.2 Å². The van der Waals surface area contributed by atoms with Gasteiger partial charge in [0.25, 0.3) is 0 Å². The molecule has 3 heteroatoms. The maximum Gasteiger partial charge on any atom is 0.119 e. The van der Waals surface area contributed by atoms with Gasteiger partial charge < -0.3 is 15.2 Å². The minimum absolute atomic E-state index is 0.284. The summed E-state index contributed by atoms with van der Waals surface area (Å²) in [5.74, 6) is 2.03. The molecule has 1 atom stereocenters. The second-order valence-corrected chi connectivity index (χ2v) is 6.33. The average Bonchev–Trinajstić information content (AvgIpc) is 2.72. The predicted molar refractivity (Wildman–Crippen MR) is 106 cm³/mol. The molecule has 0 spiro atoms. The Morgan fingerprint density at radius 1 is 0.769 bits per heavy atom. The smallest absolute Gasteiger partial charge is 0.119 e. The van der Waals surface area contributed by atoms with Crippen LogP contribution in [-0.4, -0.2) is 13.7 Å². The highest BCUT2D eigenvalue weighted by atomic mass is 16.5. The number of hydrogen-bond acceptors (Lipinski definition) is 3. The minimum atomic E-state index is 0.284. The first-order chi connectivity index (χ1) is 12.8. The number of benzene rings is 3. The van der Waals surface area contributed by atoms with Crippen molar-refractivity contribution >= 4 is 0 Å². The van der Waals surface area contributed by atoms with Gasteiger partial charge in [-0.15, -0.1) is 0 Å². The SMILES string of the molecule is COc1ccc(CC(CN)c2ccc(OCc3ccccc3)cc2)cc1. The third-order valence-electron chi connectivity index (χ3n) is 4.53. The van der Waals surface area contributed by atoms with Gasteiger partial charge in [0, 0.05) is 5.92 Å². The van der Waals surface area contributed by atoms with Crippen LogP contribution >= 0.6 is 0 Å². The second-order valence-electron chi connectivity index (χ2n) is 6.33. The van der Waals surface area contributed by atoms with Gasteiger partial charge in [0.1, 0.15) is 18.1 Å². The van der Waals surface area contributed by atoms with E-state index in [-0.39, 0.29) is 5.92 Å². The third kappa shape index (κ3) is 4.87. The molecule has 0 saturated carbocycles. The largest absolute Gasteiger partial charge is 0.497 e.